The van der Waals surface area contributed by atoms with Crippen LogP contribution >= 0.6 is 11.8 Å². The van der Waals surface area contributed by atoms with Crippen molar-refractivity contribution in [3.63, 3.8) is 0 Å². The summed E-state index contributed by atoms with van der Waals surface area (Å²) in [6, 6.07) is 11.9. The molecule has 7 nitrogen and oxygen atoms in total. The van der Waals surface area contributed by atoms with Gasteiger partial charge in [0.1, 0.15) is 17.5 Å². The lowest BCUT2D eigenvalue weighted by molar-refractivity contribution is 0.886. The summed E-state index contributed by atoms with van der Waals surface area (Å²) >= 11 is 1.56. The van der Waals surface area contributed by atoms with Gasteiger partial charge in [-0.25, -0.2) is 15.0 Å². The Balaban J connectivity index is 1.56. The molecule has 0 atom stereocenters. The number of nitrogens with zero attached hydrogens (tertiary/aromatic N) is 4. The summed E-state index contributed by atoms with van der Waals surface area (Å²) in [6.07, 6.45) is 0.709. The van der Waals surface area contributed by atoms with Gasteiger partial charge in [-0.15, -0.1) is 0 Å². The molecule has 0 fully saturated rings. The van der Waals surface area contributed by atoms with Crippen LogP contribution in [0.15, 0.2) is 41.6 Å². The number of hydrogen-bond acceptors (Lipinski definition) is 7. The number of anilines is 2. The van der Waals surface area contributed by atoms with Crippen LogP contribution in [0.5, 0.6) is 0 Å². The number of hydrogen-bond donors (Lipinski definition) is 3. The Bertz CT molecular complexity index is 788. The van der Waals surface area contributed by atoms with Crippen molar-refractivity contribution >= 4 is 23.4 Å². The van der Waals surface area contributed by atoms with Gasteiger partial charge in [-0.1, -0.05) is 42.1 Å². The van der Waals surface area contributed by atoms with Crippen molar-refractivity contribution in [3.8, 4) is 0 Å². The SMILES string of the molecule is Cc1nc(CCNc2cc(N)nc(SCc3ccccc3)n2)n[nH]1. The number of thioether (sulfide) groups is 1. The van der Waals surface area contributed by atoms with E-state index in [9.17, 15) is 0 Å². The van der Waals surface area contributed by atoms with Crippen LogP contribution in [0.3, 0.4) is 0 Å². The van der Waals surface area contributed by atoms with E-state index in [1.807, 2.05) is 25.1 Å². The largest absolute Gasteiger partial charge is 0.383 e. The van der Waals surface area contributed by atoms with Crippen molar-refractivity contribution in [2.45, 2.75) is 24.3 Å². The van der Waals surface area contributed by atoms with Crippen LogP contribution in [0.25, 0.3) is 0 Å². The maximum absolute atomic E-state index is 5.88. The van der Waals surface area contributed by atoms with Gasteiger partial charge in [0.15, 0.2) is 11.0 Å². The summed E-state index contributed by atoms with van der Waals surface area (Å²) in [7, 11) is 0. The number of aromatic amines is 1. The summed E-state index contributed by atoms with van der Waals surface area (Å²) in [6.45, 7) is 2.56. The third-order valence-electron chi connectivity index (χ3n) is 3.23. The van der Waals surface area contributed by atoms with Crippen LogP contribution in [-0.4, -0.2) is 31.7 Å². The van der Waals surface area contributed by atoms with Crippen LogP contribution in [0.2, 0.25) is 0 Å². The predicted molar refractivity (Wildman–Crippen MR) is 95.8 cm³/mol. The Hall–Kier alpha value is -2.61. The number of nitrogen functional groups attached to an aromatic ring is 1. The minimum Gasteiger partial charge on any atom is -0.383 e. The van der Waals surface area contributed by atoms with E-state index in [1.54, 1.807) is 17.8 Å². The highest BCUT2D eigenvalue weighted by molar-refractivity contribution is 7.98. The maximum atomic E-state index is 5.88. The van der Waals surface area contributed by atoms with Crippen LogP contribution in [0.4, 0.5) is 11.6 Å². The molecule has 3 rings (SSSR count). The van der Waals surface area contributed by atoms with E-state index < -0.39 is 0 Å². The first-order chi connectivity index (χ1) is 11.7. The lowest BCUT2D eigenvalue weighted by Gasteiger charge is -2.07. The van der Waals surface area contributed by atoms with Gasteiger partial charge in [-0.2, -0.15) is 5.10 Å². The van der Waals surface area contributed by atoms with E-state index in [0.29, 0.717) is 29.8 Å². The summed E-state index contributed by atoms with van der Waals surface area (Å²) in [5.41, 5.74) is 7.11. The molecular weight excluding hydrogens is 322 g/mol. The van der Waals surface area contributed by atoms with Crippen molar-refractivity contribution in [1.82, 2.24) is 25.1 Å². The smallest absolute Gasteiger partial charge is 0.191 e. The highest BCUT2D eigenvalue weighted by atomic mass is 32.2. The summed E-state index contributed by atoms with van der Waals surface area (Å²) in [5, 5.41) is 10.8. The van der Waals surface area contributed by atoms with Crippen molar-refractivity contribution in [2.75, 3.05) is 17.6 Å². The summed E-state index contributed by atoms with van der Waals surface area (Å²) in [4.78, 5) is 13.0. The molecule has 0 saturated carbocycles. The molecule has 0 amide bonds. The zero-order valence-electron chi connectivity index (χ0n) is 13.4. The molecule has 0 spiro atoms. The normalized spacial score (nSPS) is 10.7. The molecule has 0 saturated heterocycles. The molecule has 8 heteroatoms. The number of aryl methyl sites for hydroxylation is 1. The summed E-state index contributed by atoms with van der Waals surface area (Å²) in [5.74, 6) is 3.57. The quantitative estimate of drug-likeness (QED) is 0.448. The second kappa shape index (κ2) is 7.78. The van der Waals surface area contributed by atoms with E-state index in [0.717, 1.165) is 17.4 Å². The third-order valence-corrected chi connectivity index (χ3v) is 4.15. The minimum absolute atomic E-state index is 0.455. The fourth-order valence-electron chi connectivity index (χ4n) is 2.12. The molecule has 2 aromatic heterocycles. The first kappa shape index (κ1) is 16.3. The van der Waals surface area contributed by atoms with Gasteiger partial charge in [0.25, 0.3) is 0 Å². The monoisotopic (exact) mass is 341 g/mol. The molecular formula is C16H19N7S. The third kappa shape index (κ3) is 4.69. The molecule has 4 N–H and O–H groups in total. The van der Waals surface area contributed by atoms with Gasteiger partial charge in [-0.3, -0.25) is 5.10 Å². The second-order valence-electron chi connectivity index (χ2n) is 5.25. The Kier molecular flexibility index (Phi) is 5.27. The maximum Gasteiger partial charge on any atom is 0.191 e. The van der Waals surface area contributed by atoms with E-state index in [4.69, 9.17) is 5.73 Å². The van der Waals surface area contributed by atoms with Crippen molar-refractivity contribution in [3.05, 3.63) is 53.6 Å². The first-order valence-corrected chi connectivity index (χ1v) is 8.60. The van der Waals surface area contributed by atoms with Crippen molar-refractivity contribution in [2.24, 2.45) is 0 Å². The van der Waals surface area contributed by atoms with Gasteiger partial charge < -0.3 is 11.1 Å². The fraction of sp³-hybridized carbons (Fsp3) is 0.250. The van der Waals surface area contributed by atoms with Crippen LogP contribution in [0, 0.1) is 6.92 Å². The lowest BCUT2D eigenvalue weighted by atomic mass is 10.2. The van der Waals surface area contributed by atoms with Gasteiger partial charge in [0.05, 0.1) is 0 Å². The number of nitrogens with two attached hydrogens (primary N) is 1. The van der Waals surface area contributed by atoms with Crippen molar-refractivity contribution < 1.29 is 0 Å². The predicted octanol–water partition coefficient (Wildman–Crippen LogP) is 2.43. The molecule has 24 heavy (non-hydrogen) atoms. The van der Waals surface area contributed by atoms with Crippen molar-refractivity contribution in [1.29, 1.82) is 0 Å². The Labute approximate surface area is 144 Å². The molecule has 0 aliphatic carbocycles. The van der Waals surface area contributed by atoms with Gasteiger partial charge in [-0.05, 0) is 12.5 Å². The highest BCUT2D eigenvalue weighted by Gasteiger charge is 2.05. The molecule has 3 aromatic rings. The van der Waals surface area contributed by atoms with E-state index in [2.05, 4.69) is 42.6 Å². The Morgan fingerprint density at radius 2 is 2.00 bits per heavy atom. The van der Waals surface area contributed by atoms with E-state index >= 15 is 0 Å². The molecule has 0 aliphatic heterocycles. The fourth-order valence-corrected chi connectivity index (χ4v) is 2.94. The van der Waals surface area contributed by atoms with Crippen LogP contribution in [-0.2, 0) is 12.2 Å². The number of benzene rings is 1. The average molecular weight is 341 g/mol. The zero-order chi connectivity index (χ0) is 16.8. The molecule has 0 aliphatic rings. The molecule has 2 heterocycles. The van der Waals surface area contributed by atoms with Gasteiger partial charge in [0.2, 0.25) is 0 Å². The minimum atomic E-state index is 0.455. The molecule has 1 aromatic carbocycles. The number of aromatic nitrogens is 5. The number of H-pyrrole nitrogens is 1. The molecule has 0 bridgehead atoms. The summed E-state index contributed by atoms with van der Waals surface area (Å²) < 4.78 is 0. The second-order valence-corrected chi connectivity index (χ2v) is 6.19. The number of nitrogens with one attached hydrogen (secondary N) is 2. The standard InChI is InChI=1S/C16H19N7S/c1-11-19-14(23-22-11)7-8-18-15-9-13(17)20-16(21-15)24-10-12-5-3-2-4-6-12/h2-6,9H,7-8,10H2,1H3,(H,19,22,23)(H3,17,18,20,21). The van der Waals surface area contributed by atoms with E-state index in [-0.39, 0.29) is 0 Å². The Morgan fingerprint density at radius 1 is 1.17 bits per heavy atom. The average Bonchev–Trinajstić information content (AvgIpc) is 2.99. The lowest BCUT2D eigenvalue weighted by Crippen LogP contribution is -2.09. The highest BCUT2D eigenvalue weighted by Crippen LogP contribution is 2.21. The molecule has 0 radical (unpaired) electrons. The van der Waals surface area contributed by atoms with Crippen LogP contribution < -0.4 is 11.1 Å². The first-order valence-electron chi connectivity index (χ1n) is 7.62. The molecule has 124 valence electrons. The number of rotatable bonds is 7. The topological polar surface area (TPSA) is 105 Å². The van der Waals surface area contributed by atoms with Crippen LogP contribution in [0.1, 0.15) is 17.2 Å². The van der Waals surface area contributed by atoms with E-state index in [1.165, 1.54) is 5.56 Å². The molecule has 0 unspecified atom stereocenters. The van der Waals surface area contributed by atoms with Gasteiger partial charge >= 0.3 is 0 Å². The van der Waals surface area contributed by atoms with Gasteiger partial charge in [0, 0.05) is 24.8 Å². The Morgan fingerprint density at radius 3 is 2.75 bits per heavy atom. The zero-order valence-corrected chi connectivity index (χ0v) is 14.2.